The van der Waals surface area contributed by atoms with E-state index in [1.807, 2.05) is 30.3 Å². The number of methoxy groups -OCH3 is 2. The summed E-state index contributed by atoms with van der Waals surface area (Å²) in [5.41, 5.74) is 2.23. The highest BCUT2D eigenvalue weighted by Crippen LogP contribution is 2.36. The zero-order valence-corrected chi connectivity index (χ0v) is 19.3. The lowest BCUT2D eigenvalue weighted by atomic mass is 9.94. The monoisotopic (exact) mass is 438 g/mol. The smallest absolute Gasteiger partial charge is 0.226 e. The van der Waals surface area contributed by atoms with Crippen LogP contribution >= 0.6 is 0 Å². The Bertz CT molecular complexity index is 907. The first-order chi connectivity index (χ1) is 15.6. The Hall–Kier alpha value is -2.73. The summed E-state index contributed by atoms with van der Waals surface area (Å²) in [6.07, 6.45) is 3.04. The highest BCUT2D eigenvalue weighted by molar-refractivity contribution is 5.79. The van der Waals surface area contributed by atoms with Gasteiger partial charge in [0.15, 0.2) is 11.5 Å². The minimum Gasteiger partial charge on any atom is -0.497 e. The van der Waals surface area contributed by atoms with Gasteiger partial charge in [-0.1, -0.05) is 31.2 Å². The molecule has 1 saturated heterocycles. The van der Waals surface area contributed by atoms with Crippen LogP contribution in [-0.2, 0) is 11.2 Å². The number of fused-ring (bicyclic) bond motifs is 1. The molecule has 32 heavy (non-hydrogen) atoms. The van der Waals surface area contributed by atoms with Gasteiger partial charge in [-0.25, -0.2) is 0 Å². The molecule has 0 aliphatic carbocycles. The predicted octanol–water partition coefficient (Wildman–Crippen LogP) is 3.84. The maximum Gasteiger partial charge on any atom is 0.226 e. The number of carbonyl (C=O) groups is 1. The second kappa shape index (κ2) is 10.3. The highest BCUT2D eigenvalue weighted by atomic mass is 16.5. The molecule has 172 valence electrons. The lowest BCUT2D eigenvalue weighted by Gasteiger charge is -2.37. The molecule has 6 nitrogen and oxygen atoms in total. The average Bonchev–Trinajstić information content (AvgIpc) is 2.84. The van der Waals surface area contributed by atoms with Crippen LogP contribution in [0.3, 0.4) is 0 Å². The second-order valence-electron chi connectivity index (χ2n) is 8.91. The van der Waals surface area contributed by atoms with Crippen molar-refractivity contribution in [1.29, 1.82) is 0 Å². The van der Waals surface area contributed by atoms with Gasteiger partial charge in [-0.05, 0) is 67.6 Å². The maximum absolute atomic E-state index is 13.1. The van der Waals surface area contributed by atoms with E-state index in [0.717, 1.165) is 41.8 Å². The first-order valence-electron chi connectivity index (χ1n) is 11.5. The summed E-state index contributed by atoms with van der Waals surface area (Å²) >= 11 is 0. The van der Waals surface area contributed by atoms with E-state index >= 15 is 0 Å². The van der Waals surface area contributed by atoms with Crippen LogP contribution in [0.5, 0.6) is 17.2 Å². The van der Waals surface area contributed by atoms with Gasteiger partial charge in [0.05, 0.1) is 26.2 Å². The first-order valence-corrected chi connectivity index (χ1v) is 11.5. The molecular formula is C26H34N2O4. The molecule has 2 aromatic rings. The van der Waals surface area contributed by atoms with Gasteiger partial charge in [0, 0.05) is 6.54 Å². The topological polar surface area (TPSA) is 60.0 Å². The van der Waals surface area contributed by atoms with E-state index in [-0.39, 0.29) is 17.9 Å². The first kappa shape index (κ1) is 22.5. The molecule has 6 heteroatoms. The van der Waals surface area contributed by atoms with Crippen LogP contribution in [0.2, 0.25) is 0 Å². The highest BCUT2D eigenvalue weighted by Gasteiger charge is 2.30. The van der Waals surface area contributed by atoms with Crippen molar-refractivity contribution in [2.75, 3.05) is 40.5 Å². The van der Waals surface area contributed by atoms with Crippen molar-refractivity contribution in [1.82, 2.24) is 10.2 Å². The Kier molecular flexibility index (Phi) is 7.20. The van der Waals surface area contributed by atoms with Crippen LogP contribution in [0.15, 0.2) is 42.5 Å². The summed E-state index contributed by atoms with van der Waals surface area (Å²) < 4.78 is 16.6. The van der Waals surface area contributed by atoms with Crippen molar-refractivity contribution in [3.8, 4) is 17.2 Å². The van der Waals surface area contributed by atoms with Gasteiger partial charge in [0.25, 0.3) is 0 Å². The minimum absolute atomic E-state index is 0.0439. The van der Waals surface area contributed by atoms with Crippen LogP contribution in [0.4, 0.5) is 0 Å². The molecule has 2 atom stereocenters. The van der Waals surface area contributed by atoms with E-state index < -0.39 is 0 Å². The van der Waals surface area contributed by atoms with Crippen molar-refractivity contribution in [2.45, 2.75) is 32.2 Å². The molecule has 2 aliphatic heterocycles. The third-order valence-corrected chi connectivity index (χ3v) is 6.78. The number of nitrogens with one attached hydrogen (secondary N) is 1. The van der Waals surface area contributed by atoms with Gasteiger partial charge >= 0.3 is 0 Å². The quantitative estimate of drug-likeness (QED) is 0.712. The molecule has 2 heterocycles. The molecule has 0 aromatic heterocycles. The summed E-state index contributed by atoms with van der Waals surface area (Å²) in [5.74, 6) is 2.93. The molecule has 2 aliphatic rings. The molecule has 1 N–H and O–H groups in total. The molecule has 0 radical (unpaired) electrons. The standard InChI is InChI=1S/C26H34N2O4/c1-18-11-13-28(14-12-18)23(19-7-9-22(30-2)10-8-19)16-27-26(29)21-15-20-5-4-6-24(31-3)25(20)32-17-21/h4-10,18,21,23H,11-17H2,1-3H3,(H,27,29). The Morgan fingerprint density at radius 3 is 2.56 bits per heavy atom. The number of nitrogens with zero attached hydrogens (tertiary/aromatic N) is 1. The summed E-state index contributed by atoms with van der Waals surface area (Å²) in [7, 11) is 3.32. The Balaban J connectivity index is 1.43. The Morgan fingerprint density at radius 2 is 1.88 bits per heavy atom. The number of ether oxygens (including phenoxy) is 3. The fourth-order valence-corrected chi connectivity index (χ4v) is 4.69. The number of rotatable bonds is 7. The number of para-hydroxylation sites is 1. The van der Waals surface area contributed by atoms with E-state index in [1.165, 1.54) is 18.4 Å². The summed E-state index contributed by atoms with van der Waals surface area (Å²) in [5, 5.41) is 3.22. The summed E-state index contributed by atoms with van der Waals surface area (Å²) in [6, 6.07) is 14.2. The van der Waals surface area contributed by atoms with Crippen molar-refractivity contribution in [2.24, 2.45) is 11.8 Å². The predicted molar refractivity (Wildman–Crippen MR) is 124 cm³/mol. The van der Waals surface area contributed by atoms with Gasteiger partial charge in [0.1, 0.15) is 12.4 Å². The summed E-state index contributed by atoms with van der Waals surface area (Å²) in [4.78, 5) is 15.6. The van der Waals surface area contributed by atoms with Crippen molar-refractivity contribution in [3.05, 3.63) is 53.6 Å². The number of likely N-dealkylation sites (tertiary alicyclic amines) is 1. The fraction of sp³-hybridized carbons (Fsp3) is 0.500. The Labute approximate surface area is 190 Å². The Morgan fingerprint density at radius 1 is 1.12 bits per heavy atom. The molecule has 0 bridgehead atoms. The molecule has 4 rings (SSSR count). The van der Waals surface area contributed by atoms with Crippen molar-refractivity contribution in [3.63, 3.8) is 0 Å². The third kappa shape index (κ3) is 5.01. The molecule has 2 unspecified atom stereocenters. The van der Waals surface area contributed by atoms with Gasteiger partial charge in [-0.3, -0.25) is 9.69 Å². The van der Waals surface area contributed by atoms with Crippen LogP contribution < -0.4 is 19.5 Å². The molecule has 0 saturated carbocycles. The third-order valence-electron chi connectivity index (χ3n) is 6.78. The molecular weight excluding hydrogens is 404 g/mol. The van der Waals surface area contributed by atoms with E-state index in [4.69, 9.17) is 14.2 Å². The normalized spacial score (nSPS) is 20.0. The zero-order chi connectivity index (χ0) is 22.5. The molecule has 1 amide bonds. The number of hydrogen-bond donors (Lipinski definition) is 1. The average molecular weight is 439 g/mol. The second-order valence-corrected chi connectivity index (χ2v) is 8.91. The van der Waals surface area contributed by atoms with Crippen LogP contribution in [-0.4, -0.2) is 51.3 Å². The minimum atomic E-state index is -0.201. The summed E-state index contributed by atoms with van der Waals surface area (Å²) in [6.45, 7) is 5.37. The lowest BCUT2D eigenvalue weighted by molar-refractivity contribution is -0.126. The zero-order valence-electron chi connectivity index (χ0n) is 19.3. The van der Waals surface area contributed by atoms with Crippen LogP contribution in [0.25, 0.3) is 0 Å². The molecule has 1 fully saturated rings. The van der Waals surface area contributed by atoms with E-state index in [9.17, 15) is 4.79 Å². The van der Waals surface area contributed by atoms with Crippen molar-refractivity contribution < 1.29 is 19.0 Å². The molecule has 2 aromatic carbocycles. The number of piperidine rings is 1. The van der Waals surface area contributed by atoms with Gasteiger partial charge in [-0.2, -0.15) is 0 Å². The number of benzene rings is 2. The van der Waals surface area contributed by atoms with Gasteiger partial charge in [0.2, 0.25) is 5.91 Å². The van der Waals surface area contributed by atoms with Gasteiger partial charge in [-0.15, -0.1) is 0 Å². The number of amides is 1. The number of carbonyl (C=O) groups excluding carboxylic acids is 1. The van der Waals surface area contributed by atoms with Gasteiger partial charge < -0.3 is 19.5 Å². The van der Waals surface area contributed by atoms with Crippen LogP contribution in [0, 0.1) is 11.8 Å². The lowest BCUT2D eigenvalue weighted by Crippen LogP contribution is -2.44. The fourth-order valence-electron chi connectivity index (χ4n) is 4.69. The van der Waals surface area contributed by atoms with Crippen molar-refractivity contribution >= 4 is 5.91 Å². The van der Waals surface area contributed by atoms with Crippen LogP contribution in [0.1, 0.15) is 36.9 Å². The largest absolute Gasteiger partial charge is 0.497 e. The SMILES string of the molecule is COc1ccc(C(CNC(=O)C2COc3c(cccc3OC)C2)N2CCC(C)CC2)cc1. The van der Waals surface area contributed by atoms with E-state index in [2.05, 4.69) is 29.3 Å². The molecule has 0 spiro atoms. The number of hydrogen-bond acceptors (Lipinski definition) is 5. The van der Waals surface area contributed by atoms with E-state index in [0.29, 0.717) is 19.6 Å². The van der Waals surface area contributed by atoms with E-state index in [1.54, 1.807) is 14.2 Å². The maximum atomic E-state index is 13.1.